The molecule has 0 spiro atoms. The first-order valence-corrected chi connectivity index (χ1v) is 8.62. The average Bonchev–Trinajstić information content (AvgIpc) is 2.59. The summed E-state index contributed by atoms with van der Waals surface area (Å²) in [6.07, 6.45) is -0.912. The van der Waals surface area contributed by atoms with Crippen molar-refractivity contribution in [2.24, 2.45) is 10.2 Å². The Morgan fingerprint density at radius 1 is 1.07 bits per heavy atom. The highest BCUT2D eigenvalue weighted by molar-refractivity contribution is 6.67. The summed E-state index contributed by atoms with van der Waals surface area (Å²) in [6.45, 7) is 0.864. The summed E-state index contributed by atoms with van der Waals surface area (Å²) in [5, 5.41) is 13.0. The molecule has 2 N–H and O–H groups in total. The molecule has 0 unspecified atom stereocenters. The molecule has 8 nitrogen and oxygen atoms in total. The molecule has 27 heavy (non-hydrogen) atoms. The molecule has 0 fully saturated rings. The van der Waals surface area contributed by atoms with E-state index in [1.807, 2.05) is 6.07 Å². The summed E-state index contributed by atoms with van der Waals surface area (Å²) in [5.41, 5.74) is 0.840. The molecule has 0 radical (unpaired) electrons. The Morgan fingerprint density at radius 2 is 1.78 bits per heavy atom. The fourth-order valence-corrected chi connectivity index (χ4v) is 1.92. The van der Waals surface area contributed by atoms with Crippen molar-refractivity contribution >= 4 is 69.8 Å². The van der Waals surface area contributed by atoms with Gasteiger partial charge < -0.3 is 10.1 Å². The van der Waals surface area contributed by atoms with Crippen LogP contribution in [-0.4, -0.2) is 27.4 Å². The quantitative estimate of drug-likeness (QED) is 0.491. The number of hydrogen-bond acceptors (Lipinski definition) is 6. The van der Waals surface area contributed by atoms with E-state index in [9.17, 15) is 9.59 Å². The van der Waals surface area contributed by atoms with E-state index in [4.69, 9.17) is 39.5 Å². The van der Waals surface area contributed by atoms with Gasteiger partial charge in [-0.3, -0.25) is 10.1 Å². The molecule has 0 atom stereocenters. The third kappa shape index (κ3) is 7.78. The largest absolute Gasteiger partial charge is 0.445 e. The molecular weight excluding hydrogens is 417 g/mol. The van der Waals surface area contributed by atoms with Gasteiger partial charge in [0.15, 0.2) is 5.82 Å². The summed E-state index contributed by atoms with van der Waals surface area (Å²) in [5.74, 6) is -0.112. The van der Waals surface area contributed by atoms with E-state index in [1.54, 1.807) is 24.3 Å². The van der Waals surface area contributed by atoms with Gasteiger partial charge in [0.25, 0.3) is 0 Å². The summed E-state index contributed by atoms with van der Waals surface area (Å²) >= 11 is 16.6. The number of hydrogen-bond donors (Lipinski definition) is 2. The van der Waals surface area contributed by atoms with Crippen molar-refractivity contribution < 1.29 is 14.3 Å². The van der Waals surface area contributed by atoms with Crippen LogP contribution >= 0.6 is 34.8 Å². The standard InChI is InChI=1S/C16H14Cl3N5O3/c1-10(25)20-13-8-7-12(24-23-11-5-3-2-4-6-11)14(21-13)22-15(26)27-9-16(17,18)19/h2-8H,9H2,1H3,(H2,20,21,22,25,26). The first kappa shape index (κ1) is 20.9. The Hall–Kier alpha value is -2.42. The normalized spacial score (nSPS) is 11.3. The second-order valence-corrected chi connectivity index (χ2v) is 7.61. The molecule has 2 amide bonds. The Kier molecular flexibility index (Phi) is 7.35. The molecule has 0 saturated carbocycles. The number of nitrogens with one attached hydrogen (secondary N) is 2. The molecule has 1 aromatic carbocycles. The van der Waals surface area contributed by atoms with E-state index >= 15 is 0 Å². The van der Waals surface area contributed by atoms with Gasteiger partial charge in [-0.2, -0.15) is 5.11 Å². The van der Waals surface area contributed by atoms with Crippen molar-refractivity contribution in [1.82, 2.24) is 4.98 Å². The molecule has 0 bridgehead atoms. The first-order valence-electron chi connectivity index (χ1n) is 7.49. The lowest BCUT2D eigenvalue weighted by molar-refractivity contribution is -0.114. The lowest BCUT2D eigenvalue weighted by Crippen LogP contribution is -2.22. The maximum Gasteiger partial charge on any atom is 0.413 e. The summed E-state index contributed by atoms with van der Waals surface area (Å²) < 4.78 is 3.05. The zero-order valence-corrected chi connectivity index (χ0v) is 16.2. The molecule has 0 aliphatic rings. The Balaban J connectivity index is 2.22. The van der Waals surface area contributed by atoms with Crippen molar-refractivity contribution in [3.63, 3.8) is 0 Å². The molecule has 1 aromatic heterocycles. The van der Waals surface area contributed by atoms with Crippen LogP contribution in [0.2, 0.25) is 0 Å². The highest BCUT2D eigenvalue weighted by atomic mass is 35.6. The van der Waals surface area contributed by atoms with Crippen molar-refractivity contribution in [2.45, 2.75) is 10.7 Å². The number of pyridine rings is 1. The van der Waals surface area contributed by atoms with Gasteiger partial charge in [0.2, 0.25) is 9.70 Å². The monoisotopic (exact) mass is 429 g/mol. The average molecular weight is 431 g/mol. The highest BCUT2D eigenvalue weighted by Gasteiger charge is 2.22. The van der Waals surface area contributed by atoms with Gasteiger partial charge in [-0.25, -0.2) is 9.78 Å². The number of azo groups is 1. The molecule has 1 heterocycles. The Morgan fingerprint density at radius 3 is 2.41 bits per heavy atom. The number of ether oxygens (including phenoxy) is 1. The van der Waals surface area contributed by atoms with Crippen LogP contribution in [0.3, 0.4) is 0 Å². The highest BCUT2D eigenvalue weighted by Crippen LogP contribution is 2.28. The molecular formula is C16H14Cl3N5O3. The van der Waals surface area contributed by atoms with Crippen molar-refractivity contribution in [3.8, 4) is 0 Å². The minimum atomic E-state index is -1.75. The zero-order valence-electron chi connectivity index (χ0n) is 13.9. The molecule has 142 valence electrons. The van der Waals surface area contributed by atoms with Gasteiger partial charge in [-0.05, 0) is 24.3 Å². The maximum absolute atomic E-state index is 11.9. The topological polar surface area (TPSA) is 105 Å². The third-order valence-corrected chi connectivity index (χ3v) is 3.12. The van der Waals surface area contributed by atoms with Gasteiger partial charge in [0, 0.05) is 6.92 Å². The van der Waals surface area contributed by atoms with Crippen LogP contribution in [0.25, 0.3) is 0 Å². The fraction of sp³-hybridized carbons (Fsp3) is 0.188. The van der Waals surface area contributed by atoms with Gasteiger partial charge in [0.05, 0.1) is 5.69 Å². The van der Waals surface area contributed by atoms with Crippen molar-refractivity contribution in [2.75, 3.05) is 17.2 Å². The van der Waals surface area contributed by atoms with E-state index in [0.717, 1.165) is 0 Å². The predicted octanol–water partition coefficient (Wildman–Crippen LogP) is 5.37. The van der Waals surface area contributed by atoms with Crippen molar-refractivity contribution in [1.29, 1.82) is 0 Å². The van der Waals surface area contributed by atoms with Gasteiger partial charge in [-0.1, -0.05) is 53.0 Å². The minimum absolute atomic E-state index is 0.00949. The second-order valence-electron chi connectivity index (χ2n) is 5.10. The second kappa shape index (κ2) is 9.50. The van der Waals surface area contributed by atoms with E-state index in [0.29, 0.717) is 5.69 Å². The lowest BCUT2D eigenvalue weighted by Gasteiger charge is -2.13. The smallest absolute Gasteiger partial charge is 0.413 e. The number of anilines is 2. The Labute approximate surface area is 169 Å². The van der Waals surface area contributed by atoms with Crippen LogP contribution in [0, 0.1) is 0 Å². The van der Waals surface area contributed by atoms with Crippen LogP contribution in [0.5, 0.6) is 0 Å². The Bertz CT molecular complexity index is 841. The SMILES string of the molecule is CC(=O)Nc1ccc(N=Nc2ccccc2)c(NC(=O)OCC(Cl)(Cl)Cl)n1. The van der Waals surface area contributed by atoms with E-state index in [1.165, 1.54) is 19.1 Å². The third-order valence-electron chi connectivity index (χ3n) is 2.79. The number of alkyl halides is 3. The van der Waals surface area contributed by atoms with Gasteiger partial charge >= 0.3 is 6.09 Å². The van der Waals surface area contributed by atoms with Crippen LogP contribution < -0.4 is 10.6 Å². The number of amides is 2. The number of halogens is 3. The fourth-order valence-electron chi connectivity index (χ4n) is 1.76. The number of nitrogens with zero attached hydrogens (tertiary/aromatic N) is 3. The minimum Gasteiger partial charge on any atom is -0.445 e. The predicted molar refractivity (Wildman–Crippen MR) is 104 cm³/mol. The van der Waals surface area contributed by atoms with Gasteiger partial charge in [-0.15, -0.1) is 5.11 Å². The maximum atomic E-state index is 11.9. The molecule has 11 heteroatoms. The van der Waals surface area contributed by atoms with E-state index in [2.05, 4.69) is 25.8 Å². The van der Waals surface area contributed by atoms with Crippen LogP contribution in [0.4, 0.5) is 27.8 Å². The summed E-state index contributed by atoms with van der Waals surface area (Å²) in [4.78, 5) is 27.2. The molecule has 0 saturated heterocycles. The number of benzene rings is 1. The van der Waals surface area contributed by atoms with Gasteiger partial charge in [0.1, 0.15) is 18.1 Å². The summed E-state index contributed by atoms with van der Waals surface area (Å²) in [7, 11) is 0. The van der Waals surface area contributed by atoms with Crippen LogP contribution in [0.15, 0.2) is 52.7 Å². The van der Waals surface area contributed by atoms with Crippen LogP contribution in [-0.2, 0) is 9.53 Å². The van der Waals surface area contributed by atoms with E-state index in [-0.39, 0.29) is 23.2 Å². The summed E-state index contributed by atoms with van der Waals surface area (Å²) in [6, 6.07) is 12.0. The number of rotatable bonds is 5. The molecule has 2 rings (SSSR count). The number of aromatic nitrogens is 1. The number of carbonyl (C=O) groups excluding carboxylic acids is 2. The lowest BCUT2D eigenvalue weighted by atomic mass is 10.3. The zero-order chi connectivity index (χ0) is 19.9. The molecule has 0 aliphatic carbocycles. The first-order chi connectivity index (χ1) is 12.7. The molecule has 0 aliphatic heterocycles. The molecule has 2 aromatic rings. The number of carbonyl (C=O) groups is 2. The van der Waals surface area contributed by atoms with Crippen molar-refractivity contribution in [3.05, 3.63) is 42.5 Å². The van der Waals surface area contributed by atoms with E-state index < -0.39 is 16.5 Å². The van der Waals surface area contributed by atoms with Crippen LogP contribution in [0.1, 0.15) is 6.92 Å².